The Kier molecular flexibility index (Phi) is 5.74. The van der Waals surface area contributed by atoms with Gasteiger partial charge in [0.25, 0.3) is 0 Å². The van der Waals surface area contributed by atoms with Gasteiger partial charge in [0.05, 0.1) is 17.5 Å². The van der Waals surface area contributed by atoms with Crippen molar-refractivity contribution in [2.75, 3.05) is 23.4 Å². The number of benzene rings is 2. The van der Waals surface area contributed by atoms with Gasteiger partial charge in [-0.05, 0) is 55.8 Å². The molecule has 2 N–H and O–H groups in total. The maximum absolute atomic E-state index is 10.8. The summed E-state index contributed by atoms with van der Waals surface area (Å²) in [6.45, 7) is 6.24. The minimum atomic E-state index is -0.937. The molecule has 0 aliphatic carbocycles. The van der Waals surface area contributed by atoms with Gasteiger partial charge in [-0.2, -0.15) is 5.10 Å². The van der Waals surface area contributed by atoms with Crippen LogP contribution in [0.1, 0.15) is 29.8 Å². The van der Waals surface area contributed by atoms with Crippen molar-refractivity contribution in [2.45, 2.75) is 13.8 Å². The van der Waals surface area contributed by atoms with E-state index in [-0.39, 0.29) is 5.56 Å². The van der Waals surface area contributed by atoms with Crippen LogP contribution in [0.2, 0.25) is 0 Å². The van der Waals surface area contributed by atoms with Crippen molar-refractivity contribution in [1.29, 1.82) is 0 Å². The van der Waals surface area contributed by atoms with Gasteiger partial charge in [0.2, 0.25) is 0 Å². The zero-order valence-electron chi connectivity index (χ0n) is 13.4. The van der Waals surface area contributed by atoms with Crippen molar-refractivity contribution in [2.24, 2.45) is 5.10 Å². The van der Waals surface area contributed by atoms with Crippen LogP contribution < -0.4 is 10.3 Å². The van der Waals surface area contributed by atoms with Crippen LogP contribution in [-0.2, 0) is 0 Å². The van der Waals surface area contributed by atoms with Crippen LogP contribution in [0, 0.1) is 0 Å². The highest BCUT2D eigenvalue weighted by Gasteiger charge is 2.01. The predicted molar refractivity (Wildman–Crippen MR) is 94.6 cm³/mol. The molecule has 120 valence electrons. The van der Waals surface area contributed by atoms with E-state index in [1.54, 1.807) is 30.5 Å². The van der Waals surface area contributed by atoms with Crippen molar-refractivity contribution in [3.63, 3.8) is 0 Å². The highest BCUT2D eigenvalue weighted by molar-refractivity contribution is 5.88. The molecule has 2 rings (SSSR count). The van der Waals surface area contributed by atoms with E-state index in [0.29, 0.717) is 0 Å². The zero-order valence-corrected chi connectivity index (χ0v) is 13.4. The van der Waals surface area contributed by atoms with Gasteiger partial charge in [-0.1, -0.05) is 12.1 Å². The van der Waals surface area contributed by atoms with Gasteiger partial charge in [0, 0.05) is 18.8 Å². The van der Waals surface area contributed by atoms with Gasteiger partial charge >= 0.3 is 5.97 Å². The van der Waals surface area contributed by atoms with Crippen LogP contribution in [0.15, 0.2) is 53.6 Å². The second kappa shape index (κ2) is 7.98. The molecule has 5 heteroatoms. The molecule has 0 saturated heterocycles. The number of carboxylic acid groups (broad SMARTS) is 1. The number of hydrogen-bond donors (Lipinski definition) is 2. The highest BCUT2D eigenvalue weighted by atomic mass is 16.4. The van der Waals surface area contributed by atoms with E-state index >= 15 is 0 Å². The number of hydrazone groups is 1. The van der Waals surface area contributed by atoms with Gasteiger partial charge in [0.1, 0.15) is 0 Å². The third-order valence-corrected chi connectivity index (χ3v) is 3.56. The minimum absolute atomic E-state index is 0.256. The van der Waals surface area contributed by atoms with E-state index in [4.69, 9.17) is 5.11 Å². The Labute approximate surface area is 136 Å². The number of rotatable bonds is 7. The van der Waals surface area contributed by atoms with E-state index in [1.165, 1.54) is 5.69 Å². The standard InChI is InChI=1S/C18H21N3O2/c1-3-21(4-2)17-11-5-14(6-12-17)13-19-20-16-9-7-15(8-10-16)18(22)23/h5-13,20H,3-4H2,1-2H3,(H,22,23)/b19-13-. The molecule has 0 unspecified atom stereocenters. The Morgan fingerprint density at radius 2 is 1.70 bits per heavy atom. The number of carbonyl (C=O) groups is 1. The molecule has 0 amide bonds. The number of aromatic carboxylic acids is 1. The monoisotopic (exact) mass is 311 g/mol. The fourth-order valence-corrected chi connectivity index (χ4v) is 2.23. The topological polar surface area (TPSA) is 64.9 Å². The molecular weight excluding hydrogens is 290 g/mol. The Bertz CT molecular complexity index is 660. The molecule has 0 aliphatic rings. The van der Waals surface area contributed by atoms with E-state index in [1.807, 2.05) is 12.1 Å². The molecular formula is C18H21N3O2. The lowest BCUT2D eigenvalue weighted by Crippen LogP contribution is -2.21. The van der Waals surface area contributed by atoms with Crippen molar-refractivity contribution < 1.29 is 9.90 Å². The lowest BCUT2D eigenvalue weighted by molar-refractivity contribution is 0.0697. The maximum Gasteiger partial charge on any atom is 0.335 e. The lowest BCUT2D eigenvalue weighted by atomic mass is 10.2. The van der Waals surface area contributed by atoms with Crippen LogP contribution in [-0.4, -0.2) is 30.4 Å². The highest BCUT2D eigenvalue weighted by Crippen LogP contribution is 2.14. The summed E-state index contributed by atoms with van der Waals surface area (Å²) in [5.74, 6) is -0.937. The number of anilines is 2. The Hall–Kier alpha value is -2.82. The van der Waals surface area contributed by atoms with E-state index in [0.717, 1.165) is 24.3 Å². The van der Waals surface area contributed by atoms with E-state index in [9.17, 15) is 4.79 Å². The van der Waals surface area contributed by atoms with Gasteiger partial charge < -0.3 is 10.0 Å². The zero-order chi connectivity index (χ0) is 16.7. The lowest BCUT2D eigenvalue weighted by Gasteiger charge is -2.20. The summed E-state index contributed by atoms with van der Waals surface area (Å²) in [5, 5.41) is 13.0. The summed E-state index contributed by atoms with van der Waals surface area (Å²) >= 11 is 0. The number of nitrogens with one attached hydrogen (secondary N) is 1. The quantitative estimate of drug-likeness (QED) is 0.605. The van der Waals surface area contributed by atoms with Crippen LogP contribution in [0.5, 0.6) is 0 Å². The maximum atomic E-state index is 10.8. The molecule has 0 atom stereocenters. The van der Waals surface area contributed by atoms with Crippen LogP contribution in [0.3, 0.4) is 0 Å². The molecule has 5 nitrogen and oxygen atoms in total. The summed E-state index contributed by atoms with van der Waals surface area (Å²) in [4.78, 5) is 13.1. The third kappa shape index (κ3) is 4.57. The predicted octanol–water partition coefficient (Wildman–Crippen LogP) is 3.68. The molecule has 0 saturated carbocycles. The smallest absolute Gasteiger partial charge is 0.335 e. The molecule has 0 fully saturated rings. The average molecular weight is 311 g/mol. The first-order valence-electron chi connectivity index (χ1n) is 7.61. The number of nitrogens with zero attached hydrogens (tertiary/aromatic N) is 2. The van der Waals surface area contributed by atoms with E-state index < -0.39 is 5.97 Å². The Balaban J connectivity index is 1.96. The van der Waals surface area contributed by atoms with Crippen molar-refractivity contribution in [3.05, 3.63) is 59.7 Å². The van der Waals surface area contributed by atoms with Gasteiger partial charge in [0.15, 0.2) is 0 Å². The summed E-state index contributed by atoms with van der Waals surface area (Å²) in [7, 11) is 0. The molecule has 0 spiro atoms. The molecule has 23 heavy (non-hydrogen) atoms. The fourth-order valence-electron chi connectivity index (χ4n) is 2.23. The van der Waals surface area contributed by atoms with Crippen molar-refractivity contribution in [3.8, 4) is 0 Å². The normalized spacial score (nSPS) is 10.7. The molecule has 2 aromatic carbocycles. The van der Waals surface area contributed by atoms with Crippen molar-refractivity contribution >= 4 is 23.6 Å². The second-order valence-electron chi connectivity index (χ2n) is 5.02. The van der Waals surface area contributed by atoms with E-state index in [2.05, 4.69) is 41.4 Å². The summed E-state index contributed by atoms with van der Waals surface area (Å²) < 4.78 is 0. The molecule has 0 radical (unpaired) electrons. The van der Waals surface area contributed by atoms with Gasteiger partial charge in [-0.3, -0.25) is 5.43 Å². The largest absolute Gasteiger partial charge is 0.478 e. The first-order chi connectivity index (χ1) is 11.1. The molecule has 0 heterocycles. The number of hydrogen-bond acceptors (Lipinski definition) is 4. The third-order valence-electron chi connectivity index (χ3n) is 3.56. The SMILES string of the molecule is CCN(CC)c1ccc(/C=N\Nc2ccc(C(=O)O)cc2)cc1. The van der Waals surface area contributed by atoms with Crippen LogP contribution >= 0.6 is 0 Å². The Morgan fingerprint density at radius 1 is 1.09 bits per heavy atom. The fraction of sp³-hybridized carbons (Fsp3) is 0.222. The summed E-state index contributed by atoms with van der Waals surface area (Å²) in [6.07, 6.45) is 1.73. The molecule has 0 bridgehead atoms. The average Bonchev–Trinajstić information content (AvgIpc) is 2.58. The second-order valence-corrected chi connectivity index (χ2v) is 5.02. The van der Waals surface area contributed by atoms with Crippen LogP contribution in [0.25, 0.3) is 0 Å². The molecule has 0 aromatic heterocycles. The number of carboxylic acids is 1. The summed E-state index contributed by atoms with van der Waals surface area (Å²) in [6, 6.07) is 14.7. The minimum Gasteiger partial charge on any atom is -0.478 e. The van der Waals surface area contributed by atoms with Gasteiger partial charge in [-0.25, -0.2) is 4.79 Å². The first-order valence-corrected chi connectivity index (χ1v) is 7.61. The Morgan fingerprint density at radius 3 is 2.22 bits per heavy atom. The first kappa shape index (κ1) is 16.5. The molecule has 2 aromatic rings. The van der Waals surface area contributed by atoms with Crippen molar-refractivity contribution in [1.82, 2.24) is 0 Å². The summed E-state index contributed by atoms with van der Waals surface area (Å²) in [5.41, 5.74) is 6.08. The molecule has 0 aliphatic heterocycles. The van der Waals surface area contributed by atoms with Gasteiger partial charge in [-0.15, -0.1) is 0 Å². The van der Waals surface area contributed by atoms with Crippen LogP contribution in [0.4, 0.5) is 11.4 Å².